The van der Waals surface area contributed by atoms with Gasteiger partial charge < -0.3 is 4.74 Å². The molecule has 0 bridgehead atoms. The van der Waals surface area contributed by atoms with E-state index in [4.69, 9.17) is 4.74 Å². The highest BCUT2D eigenvalue weighted by Crippen LogP contribution is 2.45. The van der Waals surface area contributed by atoms with Crippen LogP contribution in [-0.2, 0) is 4.74 Å². The van der Waals surface area contributed by atoms with E-state index in [1.165, 1.54) is 19.3 Å². The first-order valence-electron chi connectivity index (χ1n) is 5.95. The van der Waals surface area contributed by atoms with E-state index < -0.39 is 0 Å². The van der Waals surface area contributed by atoms with Crippen molar-refractivity contribution < 1.29 is 9.53 Å². The normalized spacial score (nSPS) is 27.6. The lowest BCUT2D eigenvalue weighted by molar-refractivity contribution is -0.141. The SMILES string of the molecule is O=Cc1cnn(C2CCOC3(CCC3)C2)c1. The van der Waals surface area contributed by atoms with Crippen molar-refractivity contribution in [3.8, 4) is 0 Å². The second-order valence-electron chi connectivity index (χ2n) is 4.90. The van der Waals surface area contributed by atoms with E-state index in [-0.39, 0.29) is 5.60 Å². The van der Waals surface area contributed by atoms with Crippen LogP contribution < -0.4 is 0 Å². The smallest absolute Gasteiger partial charge is 0.153 e. The molecular formula is C12H16N2O2. The third-order valence-corrected chi connectivity index (χ3v) is 3.86. The van der Waals surface area contributed by atoms with E-state index in [1.807, 2.05) is 10.9 Å². The summed E-state index contributed by atoms with van der Waals surface area (Å²) in [4.78, 5) is 10.6. The molecule has 1 aromatic heterocycles. The molecule has 1 aliphatic heterocycles. The topological polar surface area (TPSA) is 44.1 Å². The van der Waals surface area contributed by atoms with Gasteiger partial charge in [-0.25, -0.2) is 0 Å². The Labute approximate surface area is 94.6 Å². The van der Waals surface area contributed by atoms with Gasteiger partial charge in [-0.2, -0.15) is 5.10 Å². The number of aldehydes is 1. The van der Waals surface area contributed by atoms with Gasteiger partial charge in [-0.05, 0) is 32.1 Å². The number of hydrogen-bond donors (Lipinski definition) is 0. The second-order valence-corrected chi connectivity index (χ2v) is 4.90. The van der Waals surface area contributed by atoms with Crippen molar-refractivity contribution in [3.05, 3.63) is 18.0 Å². The minimum Gasteiger partial charge on any atom is -0.375 e. The van der Waals surface area contributed by atoms with Gasteiger partial charge in [0.2, 0.25) is 0 Å². The first kappa shape index (κ1) is 10.0. The largest absolute Gasteiger partial charge is 0.375 e. The van der Waals surface area contributed by atoms with Crippen molar-refractivity contribution in [1.29, 1.82) is 0 Å². The van der Waals surface area contributed by atoms with E-state index in [9.17, 15) is 4.79 Å². The van der Waals surface area contributed by atoms with Gasteiger partial charge in [-0.1, -0.05) is 0 Å². The van der Waals surface area contributed by atoms with E-state index in [0.717, 1.165) is 25.7 Å². The molecule has 1 aliphatic carbocycles. The molecule has 1 aromatic rings. The summed E-state index contributed by atoms with van der Waals surface area (Å²) in [6.07, 6.45) is 10.0. The highest BCUT2D eigenvalue weighted by atomic mass is 16.5. The number of hydrogen-bond acceptors (Lipinski definition) is 3. The molecule has 4 nitrogen and oxygen atoms in total. The standard InChI is InChI=1S/C12H16N2O2/c15-9-10-7-13-14(8-10)11-2-5-16-12(6-11)3-1-4-12/h7-9,11H,1-6H2. The molecule has 3 rings (SSSR count). The fourth-order valence-corrected chi connectivity index (χ4v) is 2.76. The first-order valence-corrected chi connectivity index (χ1v) is 5.95. The van der Waals surface area contributed by atoms with Crippen molar-refractivity contribution >= 4 is 6.29 Å². The maximum absolute atomic E-state index is 10.6. The summed E-state index contributed by atoms with van der Waals surface area (Å²) in [5.41, 5.74) is 0.796. The first-order chi connectivity index (χ1) is 7.81. The number of aromatic nitrogens is 2. The minimum atomic E-state index is 0.135. The van der Waals surface area contributed by atoms with Crippen LogP contribution in [0.1, 0.15) is 48.5 Å². The van der Waals surface area contributed by atoms with E-state index in [2.05, 4.69) is 5.10 Å². The van der Waals surface area contributed by atoms with Crippen molar-refractivity contribution in [2.45, 2.75) is 43.7 Å². The van der Waals surface area contributed by atoms with Gasteiger partial charge in [0.25, 0.3) is 0 Å². The Kier molecular flexibility index (Phi) is 2.32. The lowest BCUT2D eigenvalue weighted by Gasteiger charge is -2.47. The van der Waals surface area contributed by atoms with Crippen molar-refractivity contribution in [3.63, 3.8) is 0 Å². The summed E-state index contributed by atoms with van der Waals surface area (Å²) < 4.78 is 7.81. The zero-order valence-electron chi connectivity index (χ0n) is 9.26. The van der Waals surface area contributed by atoms with Gasteiger partial charge in [-0.15, -0.1) is 0 Å². The number of ether oxygens (including phenoxy) is 1. The maximum Gasteiger partial charge on any atom is 0.153 e. The number of rotatable bonds is 2. The summed E-state index contributed by atoms with van der Waals surface area (Å²) >= 11 is 0. The molecule has 1 spiro atoms. The molecule has 1 saturated heterocycles. The van der Waals surface area contributed by atoms with Crippen molar-refractivity contribution in [2.75, 3.05) is 6.61 Å². The maximum atomic E-state index is 10.6. The third kappa shape index (κ3) is 1.57. The van der Waals surface area contributed by atoms with E-state index >= 15 is 0 Å². The zero-order chi connectivity index (χ0) is 11.0. The predicted molar refractivity (Wildman–Crippen MR) is 58.4 cm³/mol. The molecule has 86 valence electrons. The quantitative estimate of drug-likeness (QED) is 0.716. The summed E-state index contributed by atoms with van der Waals surface area (Å²) in [6, 6.07) is 0.405. The highest BCUT2D eigenvalue weighted by molar-refractivity contribution is 5.73. The molecule has 0 amide bonds. The van der Waals surface area contributed by atoms with Gasteiger partial charge in [0, 0.05) is 12.8 Å². The lowest BCUT2D eigenvalue weighted by atomic mass is 9.74. The molecule has 0 N–H and O–H groups in total. The Balaban J connectivity index is 1.76. The summed E-state index contributed by atoms with van der Waals surface area (Å²) in [5, 5.41) is 4.26. The number of nitrogens with zero attached hydrogens (tertiary/aromatic N) is 2. The average Bonchev–Trinajstić information content (AvgIpc) is 2.76. The third-order valence-electron chi connectivity index (χ3n) is 3.86. The van der Waals surface area contributed by atoms with Crippen molar-refractivity contribution in [1.82, 2.24) is 9.78 Å². The molecule has 4 heteroatoms. The summed E-state index contributed by atoms with van der Waals surface area (Å²) in [5.74, 6) is 0. The number of carbonyl (C=O) groups is 1. The zero-order valence-corrected chi connectivity index (χ0v) is 9.26. The predicted octanol–water partition coefficient (Wildman–Crippen LogP) is 1.97. The highest BCUT2D eigenvalue weighted by Gasteiger charge is 2.43. The van der Waals surface area contributed by atoms with Crippen LogP contribution in [0.2, 0.25) is 0 Å². The van der Waals surface area contributed by atoms with Gasteiger partial charge >= 0.3 is 0 Å². The molecule has 2 fully saturated rings. The fraction of sp³-hybridized carbons (Fsp3) is 0.667. The Hall–Kier alpha value is -1.16. The Morgan fingerprint density at radius 1 is 1.56 bits per heavy atom. The molecule has 1 atom stereocenters. The van der Waals surface area contributed by atoms with Crippen LogP contribution in [0.3, 0.4) is 0 Å². The Morgan fingerprint density at radius 2 is 2.44 bits per heavy atom. The van der Waals surface area contributed by atoms with Gasteiger partial charge in [0.1, 0.15) is 0 Å². The summed E-state index contributed by atoms with van der Waals surface area (Å²) in [7, 11) is 0. The molecular weight excluding hydrogens is 204 g/mol. The van der Waals surface area contributed by atoms with E-state index in [1.54, 1.807) is 6.20 Å². The van der Waals surface area contributed by atoms with Crippen LogP contribution in [0.15, 0.2) is 12.4 Å². The van der Waals surface area contributed by atoms with Crippen LogP contribution in [0.25, 0.3) is 0 Å². The van der Waals surface area contributed by atoms with Crippen LogP contribution in [0, 0.1) is 0 Å². The van der Waals surface area contributed by atoms with Crippen molar-refractivity contribution in [2.24, 2.45) is 0 Å². The Morgan fingerprint density at radius 3 is 3.06 bits per heavy atom. The monoisotopic (exact) mass is 220 g/mol. The lowest BCUT2D eigenvalue weighted by Crippen LogP contribution is -2.46. The molecule has 2 heterocycles. The molecule has 1 unspecified atom stereocenters. The van der Waals surface area contributed by atoms with Gasteiger partial charge in [0.15, 0.2) is 6.29 Å². The second kappa shape index (κ2) is 3.70. The van der Waals surface area contributed by atoms with E-state index in [0.29, 0.717) is 11.6 Å². The molecule has 0 radical (unpaired) electrons. The average molecular weight is 220 g/mol. The van der Waals surface area contributed by atoms with Gasteiger partial charge in [0.05, 0.1) is 23.4 Å². The van der Waals surface area contributed by atoms with Gasteiger partial charge in [-0.3, -0.25) is 9.48 Å². The summed E-state index contributed by atoms with van der Waals surface area (Å²) in [6.45, 7) is 0.820. The molecule has 0 aromatic carbocycles. The minimum absolute atomic E-state index is 0.135. The molecule has 16 heavy (non-hydrogen) atoms. The number of carbonyl (C=O) groups excluding carboxylic acids is 1. The fourth-order valence-electron chi connectivity index (χ4n) is 2.76. The van der Waals surface area contributed by atoms with Crippen LogP contribution >= 0.6 is 0 Å². The molecule has 2 aliphatic rings. The van der Waals surface area contributed by atoms with Crippen LogP contribution in [0.4, 0.5) is 0 Å². The van der Waals surface area contributed by atoms with Crippen LogP contribution in [0.5, 0.6) is 0 Å². The molecule has 1 saturated carbocycles. The Bertz CT molecular complexity index is 395. The van der Waals surface area contributed by atoms with Crippen LogP contribution in [-0.4, -0.2) is 28.3 Å².